The van der Waals surface area contributed by atoms with Gasteiger partial charge in [0.2, 0.25) is 0 Å². The second-order valence-electron chi connectivity index (χ2n) is 7.40. The Labute approximate surface area is 144 Å². The average Bonchev–Trinajstić information content (AvgIpc) is 3.00. The molecule has 1 fully saturated rings. The maximum absolute atomic E-state index is 4.85. The fourth-order valence-corrected chi connectivity index (χ4v) is 3.25. The molecule has 1 aliphatic heterocycles. The molecule has 130 valence electrons. The van der Waals surface area contributed by atoms with Gasteiger partial charge >= 0.3 is 0 Å². The highest BCUT2D eigenvalue weighted by molar-refractivity contribution is 5.42. The standard InChI is InChI=1S/C18H28N6/c1-12(2)15-9-16(21-17(20-15)13(3)4)24-8-6-7-14(10-24)18-22-19-11-23(18)5/h9,11-14H,6-8,10H2,1-5H3/t14-/m0/s1. The molecule has 0 spiro atoms. The summed E-state index contributed by atoms with van der Waals surface area (Å²) in [6.07, 6.45) is 4.09. The van der Waals surface area contributed by atoms with Gasteiger partial charge in [0.15, 0.2) is 0 Å². The zero-order chi connectivity index (χ0) is 17.3. The Morgan fingerprint density at radius 3 is 2.54 bits per heavy atom. The highest BCUT2D eigenvalue weighted by Crippen LogP contribution is 2.29. The molecule has 24 heavy (non-hydrogen) atoms. The van der Waals surface area contributed by atoms with Gasteiger partial charge in [-0.15, -0.1) is 10.2 Å². The number of piperidine rings is 1. The number of rotatable bonds is 4. The van der Waals surface area contributed by atoms with Crippen molar-refractivity contribution in [2.45, 2.75) is 58.3 Å². The monoisotopic (exact) mass is 328 g/mol. The van der Waals surface area contributed by atoms with E-state index in [1.165, 1.54) is 0 Å². The number of aryl methyl sites for hydroxylation is 1. The predicted molar refractivity (Wildman–Crippen MR) is 95.4 cm³/mol. The largest absolute Gasteiger partial charge is 0.356 e. The van der Waals surface area contributed by atoms with Gasteiger partial charge in [-0.1, -0.05) is 27.7 Å². The summed E-state index contributed by atoms with van der Waals surface area (Å²) in [7, 11) is 2.02. The molecule has 0 radical (unpaired) electrons. The predicted octanol–water partition coefficient (Wildman–Crippen LogP) is 3.24. The molecule has 0 unspecified atom stereocenters. The van der Waals surface area contributed by atoms with Gasteiger partial charge in [-0.05, 0) is 18.8 Å². The van der Waals surface area contributed by atoms with Crippen LogP contribution in [0.2, 0.25) is 0 Å². The van der Waals surface area contributed by atoms with E-state index in [2.05, 4.69) is 48.9 Å². The van der Waals surface area contributed by atoms with E-state index in [9.17, 15) is 0 Å². The van der Waals surface area contributed by atoms with Crippen molar-refractivity contribution in [3.63, 3.8) is 0 Å². The van der Waals surface area contributed by atoms with Crippen LogP contribution in [0.3, 0.4) is 0 Å². The smallest absolute Gasteiger partial charge is 0.137 e. The van der Waals surface area contributed by atoms with Crippen LogP contribution in [-0.4, -0.2) is 37.8 Å². The Morgan fingerprint density at radius 1 is 1.12 bits per heavy atom. The van der Waals surface area contributed by atoms with E-state index in [-0.39, 0.29) is 0 Å². The molecule has 0 bridgehead atoms. The molecule has 1 saturated heterocycles. The molecular weight excluding hydrogens is 300 g/mol. The number of anilines is 1. The molecule has 2 aromatic heterocycles. The lowest BCUT2D eigenvalue weighted by molar-refractivity contribution is 0.476. The highest BCUT2D eigenvalue weighted by atomic mass is 15.3. The summed E-state index contributed by atoms with van der Waals surface area (Å²) in [6, 6.07) is 2.16. The van der Waals surface area contributed by atoms with E-state index in [4.69, 9.17) is 9.97 Å². The molecule has 0 saturated carbocycles. The van der Waals surface area contributed by atoms with Crippen LogP contribution < -0.4 is 4.90 Å². The Kier molecular flexibility index (Phi) is 4.83. The summed E-state index contributed by atoms with van der Waals surface area (Å²) in [5.41, 5.74) is 1.13. The van der Waals surface area contributed by atoms with Gasteiger partial charge in [0, 0.05) is 43.7 Å². The first kappa shape index (κ1) is 16.9. The number of aromatic nitrogens is 5. The maximum atomic E-state index is 4.85. The fraction of sp³-hybridized carbons (Fsp3) is 0.667. The molecule has 3 heterocycles. The minimum atomic E-state index is 0.335. The normalized spacial score (nSPS) is 18.6. The van der Waals surface area contributed by atoms with E-state index in [1.807, 2.05) is 11.6 Å². The van der Waals surface area contributed by atoms with Crippen LogP contribution in [0.5, 0.6) is 0 Å². The minimum absolute atomic E-state index is 0.335. The highest BCUT2D eigenvalue weighted by Gasteiger charge is 2.26. The summed E-state index contributed by atoms with van der Waals surface area (Å²) in [4.78, 5) is 12.0. The topological polar surface area (TPSA) is 59.7 Å². The SMILES string of the molecule is CC(C)c1cc(N2CCC[C@H](c3nncn3C)C2)nc(C(C)C)n1. The van der Waals surface area contributed by atoms with E-state index < -0.39 is 0 Å². The van der Waals surface area contributed by atoms with E-state index >= 15 is 0 Å². The maximum Gasteiger partial charge on any atom is 0.137 e. The van der Waals surface area contributed by atoms with Crippen LogP contribution in [0.1, 0.15) is 75.6 Å². The first-order valence-electron chi connectivity index (χ1n) is 8.93. The molecule has 6 nitrogen and oxygen atoms in total. The Hall–Kier alpha value is -1.98. The van der Waals surface area contributed by atoms with Crippen molar-refractivity contribution in [2.24, 2.45) is 7.05 Å². The fourth-order valence-electron chi connectivity index (χ4n) is 3.25. The van der Waals surface area contributed by atoms with E-state index in [0.29, 0.717) is 17.8 Å². The van der Waals surface area contributed by atoms with E-state index in [1.54, 1.807) is 6.33 Å². The van der Waals surface area contributed by atoms with Crippen LogP contribution in [0, 0.1) is 0 Å². The zero-order valence-corrected chi connectivity index (χ0v) is 15.4. The number of nitrogens with zero attached hydrogens (tertiary/aromatic N) is 6. The van der Waals surface area contributed by atoms with Crippen LogP contribution in [0.4, 0.5) is 5.82 Å². The molecule has 0 N–H and O–H groups in total. The lowest BCUT2D eigenvalue weighted by Gasteiger charge is -2.33. The van der Waals surface area contributed by atoms with Crippen LogP contribution in [-0.2, 0) is 7.05 Å². The van der Waals surface area contributed by atoms with Gasteiger partial charge in [-0.3, -0.25) is 0 Å². The molecule has 0 amide bonds. The van der Waals surface area contributed by atoms with Crippen molar-refractivity contribution in [3.05, 3.63) is 29.7 Å². The molecule has 1 atom stereocenters. The Balaban J connectivity index is 1.89. The van der Waals surface area contributed by atoms with Crippen molar-refractivity contribution in [1.29, 1.82) is 0 Å². The molecular formula is C18H28N6. The summed E-state index contributed by atoms with van der Waals surface area (Å²) < 4.78 is 2.03. The van der Waals surface area contributed by atoms with Gasteiger partial charge in [-0.2, -0.15) is 0 Å². The minimum Gasteiger partial charge on any atom is -0.356 e. The summed E-state index contributed by atoms with van der Waals surface area (Å²) in [6.45, 7) is 10.7. The third kappa shape index (κ3) is 3.42. The third-order valence-corrected chi connectivity index (χ3v) is 4.71. The van der Waals surface area contributed by atoms with Gasteiger partial charge in [0.05, 0.1) is 0 Å². The van der Waals surface area contributed by atoms with E-state index in [0.717, 1.165) is 49.1 Å². The third-order valence-electron chi connectivity index (χ3n) is 4.71. The lowest BCUT2D eigenvalue weighted by Crippen LogP contribution is -2.36. The quantitative estimate of drug-likeness (QED) is 0.862. The molecule has 3 rings (SSSR count). The first-order chi connectivity index (χ1) is 11.5. The van der Waals surface area contributed by atoms with Crippen molar-refractivity contribution in [1.82, 2.24) is 24.7 Å². The summed E-state index contributed by atoms with van der Waals surface area (Å²) >= 11 is 0. The van der Waals surface area contributed by atoms with Gasteiger partial charge < -0.3 is 9.47 Å². The number of hydrogen-bond acceptors (Lipinski definition) is 5. The zero-order valence-electron chi connectivity index (χ0n) is 15.4. The Bertz CT molecular complexity index is 664. The molecule has 0 aromatic carbocycles. The van der Waals surface area contributed by atoms with Gasteiger partial charge in [-0.25, -0.2) is 9.97 Å². The Morgan fingerprint density at radius 2 is 1.92 bits per heavy atom. The number of hydrogen-bond donors (Lipinski definition) is 0. The first-order valence-corrected chi connectivity index (χ1v) is 8.93. The lowest BCUT2D eigenvalue weighted by atomic mass is 9.97. The van der Waals surface area contributed by atoms with Crippen LogP contribution in [0.15, 0.2) is 12.4 Å². The van der Waals surface area contributed by atoms with Gasteiger partial charge in [0.1, 0.15) is 23.8 Å². The summed E-state index contributed by atoms with van der Waals surface area (Å²) in [5.74, 6) is 4.22. The van der Waals surface area contributed by atoms with Crippen molar-refractivity contribution >= 4 is 5.82 Å². The van der Waals surface area contributed by atoms with Crippen molar-refractivity contribution in [3.8, 4) is 0 Å². The van der Waals surface area contributed by atoms with Crippen LogP contribution in [0.25, 0.3) is 0 Å². The second kappa shape index (κ2) is 6.87. The average molecular weight is 328 g/mol. The van der Waals surface area contributed by atoms with Crippen molar-refractivity contribution in [2.75, 3.05) is 18.0 Å². The van der Waals surface area contributed by atoms with Crippen LogP contribution >= 0.6 is 0 Å². The molecule has 6 heteroatoms. The molecule has 0 aliphatic carbocycles. The van der Waals surface area contributed by atoms with Gasteiger partial charge in [0.25, 0.3) is 0 Å². The summed E-state index contributed by atoms with van der Waals surface area (Å²) in [5, 5.41) is 8.35. The van der Waals surface area contributed by atoms with Crippen molar-refractivity contribution < 1.29 is 0 Å². The molecule has 1 aliphatic rings. The second-order valence-corrected chi connectivity index (χ2v) is 7.40. The molecule has 2 aromatic rings.